The van der Waals surface area contributed by atoms with Crippen molar-refractivity contribution in [3.8, 4) is 11.5 Å². The van der Waals surface area contributed by atoms with Crippen LogP contribution in [0.25, 0.3) is 0 Å². The molecule has 1 aromatic rings. The quantitative estimate of drug-likeness (QED) is 0.771. The van der Waals surface area contributed by atoms with Crippen molar-refractivity contribution in [3.05, 3.63) is 23.8 Å². The van der Waals surface area contributed by atoms with Crippen molar-refractivity contribution in [1.82, 2.24) is 5.32 Å². The number of hydrogen-bond donors (Lipinski definition) is 1. The maximum atomic E-state index is 5.36. The van der Waals surface area contributed by atoms with Gasteiger partial charge in [0.15, 0.2) is 0 Å². The first-order valence-electron chi connectivity index (χ1n) is 6.14. The first kappa shape index (κ1) is 14.8. The van der Waals surface area contributed by atoms with E-state index < -0.39 is 0 Å². The first-order valence-corrected chi connectivity index (χ1v) is 6.14. The molecule has 102 valence electrons. The normalized spacial score (nSPS) is 12.2. The van der Waals surface area contributed by atoms with Gasteiger partial charge in [-0.25, -0.2) is 0 Å². The van der Waals surface area contributed by atoms with Gasteiger partial charge < -0.3 is 19.5 Å². The summed E-state index contributed by atoms with van der Waals surface area (Å²) in [6, 6.07) is 6.28. The van der Waals surface area contributed by atoms with Gasteiger partial charge in [0.25, 0.3) is 0 Å². The summed E-state index contributed by atoms with van der Waals surface area (Å²) in [6.45, 7) is 3.70. The van der Waals surface area contributed by atoms with Crippen LogP contribution in [0.1, 0.15) is 18.9 Å². The van der Waals surface area contributed by atoms with Crippen molar-refractivity contribution in [2.75, 3.05) is 27.9 Å². The molecule has 0 aliphatic carbocycles. The monoisotopic (exact) mass is 253 g/mol. The molecule has 0 radical (unpaired) electrons. The van der Waals surface area contributed by atoms with Crippen LogP contribution in [0.4, 0.5) is 0 Å². The Kier molecular flexibility index (Phi) is 6.54. The van der Waals surface area contributed by atoms with Crippen LogP contribution in [0.2, 0.25) is 0 Å². The molecular formula is C14H23NO3. The van der Waals surface area contributed by atoms with E-state index in [0.29, 0.717) is 6.04 Å². The second-order valence-electron chi connectivity index (χ2n) is 4.24. The predicted octanol–water partition coefficient (Wildman–Crippen LogP) is 2.22. The zero-order valence-corrected chi connectivity index (χ0v) is 11.7. The molecule has 0 bridgehead atoms. The Morgan fingerprint density at radius 2 is 1.94 bits per heavy atom. The molecule has 1 rings (SSSR count). The molecule has 18 heavy (non-hydrogen) atoms. The minimum Gasteiger partial charge on any atom is -0.497 e. The van der Waals surface area contributed by atoms with Crippen LogP contribution < -0.4 is 14.8 Å². The van der Waals surface area contributed by atoms with Crippen LogP contribution in [0, 0.1) is 0 Å². The largest absolute Gasteiger partial charge is 0.497 e. The second kappa shape index (κ2) is 7.95. The molecule has 0 aliphatic heterocycles. The summed E-state index contributed by atoms with van der Waals surface area (Å²) >= 11 is 0. The Bertz CT molecular complexity index is 355. The number of hydrogen-bond acceptors (Lipinski definition) is 4. The van der Waals surface area contributed by atoms with Crippen LogP contribution in [-0.4, -0.2) is 34.0 Å². The van der Waals surface area contributed by atoms with Gasteiger partial charge >= 0.3 is 0 Å². The molecule has 0 heterocycles. The molecule has 1 aromatic carbocycles. The SMILES string of the molecule is COCCC(C)NCc1ccc(OC)cc1OC. The maximum Gasteiger partial charge on any atom is 0.127 e. The van der Waals surface area contributed by atoms with E-state index in [-0.39, 0.29) is 0 Å². The summed E-state index contributed by atoms with van der Waals surface area (Å²) in [5.41, 5.74) is 1.13. The van der Waals surface area contributed by atoms with Crippen molar-refractivity contribution >= 4 is 0 Å². The van der Waals surface area contributed by atoms with Gasteiger partial charge in [0, 0.05) is 37.9 Å². The Hall–Kier alpha value is -1.26. The summed E-state index contributed by atoms with van der Waals surface area (Å²) in [4.78, 5) is 0. The lowest BCUT2D eigenvalue weighted by Gasteiger charge is -2.15. The van der Waals surface area contributed by atoms with Crippen LogP contribution in [0.5, 0.6) is 11.5 Å². The summed E-state index contributed by atoms with van der Waals surface area (Å²) in [6.07, 6.45) is 0.995. The molecule has 0 saturated carbocycles. The van der Waals surface area contributed by atoms with Crippen molar-refractivity contribution in [2.45, 2.75) is 25.9 Å². The van der Waals surface area contributed by atoms with E-state index in [2.05, 4.69) is 12.2 Å². The molecule has 0 fully saturated rings. The molecule has 1 atom stereocenters. The van der Waals surface area contributed by atoms with Gasteiger partial charge in [0.05, 0.1) is 14.2 Å². The number of rotatable bonds is 8. The molecule has 4 heteroatoms. The van der Waals surface area contributed by atoms with Crippen LogP contribution >= 0.6 is 0 Å². The molecular weight excluding hydrogens is 230 g/mol. The van der Waals surface area contributed by atoms with E-state index in [4.69, 9.17) is 14.2 Å². The summed E-state index contributed by atoms with van der Waals surface area (Å²) in [5.74, 6) is 1.66. The highest BCUT2D eigenvalue weighted by atomic mass is 16.5. The molecule has 4 nitrogen and oxygen atoms in total. The fourth-order valence-electron chi connectivity index (χ4n) is 1.68. The van der Waals surface area contributed by atoms with E-state index >= 15 is 0 Å². The van der Waals surface area contributed by atoms with Crippen LogP contribution in [0.15, 0.2) is 18.2 Å². The fourth-order valence-corrected chi connectivity index (χ4v) is 1.68. The van der Waals surface area contributed by atoms with E-state index in [0.717, 1.165) is 36.6 Å². The molecule has 0 aliphatic rings. The average Bonchev–Trinajstić information content (AvgIpc) is 2.42. The highest BCUT2D eigenvalue weighted by Crippen LogP contribution is 2.24. The third-order valence-electron chi connectivity index (χ3n) is 2.89. The lowest BCUT2D eigenvalue weighted by Crippen LogP contribution is -2.26. The Morgan fingerprint density at radius 3 is 2.56 bits per heavy atom. The number of ether oxygens (including phenoxy) is 3. The van der Waals surface area contributed by atoms with E-state index in [1.807, 2.05) is 18.2 Å². The third-order valence-corrected chi connectivity index (χ3v) is 2.89. The maximum absolute atomic E-state index is 5.36. The number of benzene rings is 1. The first-order chi connectivity index (χ1) is 8.71. The van der Waals surface area contributed by atoms with Crippen LogP contribution in [0.3, 0.4) is 0 Å². The van der Waals surface area contributed by atoms with E-state index in [1.54, 1.807) is 21.3 Å². The summed E-state index contributed by atoms with van der Waals surface area (Å²) < 4.78 is 15.6. The van der Waals surface area contributed by atoms with Gasteiger partial charge in [-0.2, -0.15) is 0 Å². The minimum atomic E-state index is 0.414. The van der Waals surface area contributed by atoms with Crippen LogP contribution in [-0.2, 0) is 11.3 Å². The van der Waals surface area contributed by atoms with Gasteiger partial charge in [-0.1, -0.05) is 6.07 Å². The average molecular weight is 253 g/mol. The van der Waals surface area contributed by atoms with E-state index in [1.165, 1.54) is 0 Å². The van der Waals surface area contributed by atoms with Crippen molar-refractivity contribution in [3.63, 3.8) is 0 Å². The van der Waals surface area contributed by atoms with Gasteiger partial charge in [0.2, 0.25) is 0 Å². The summed E-state index contributed by atoms with van der Waals surface area (Å²) in [5, 5.41) is 3.45. The highest BCUT2D eigenvalue weighted by Gasteiger charge is 2.07. The zero-order chi connectivity index (χ0) is 13.4. The molecule has 0 saturated heterocycles. The Labute approximate surface area is 109 Å². The fraction of sp³-hybridized carbons (Fsp3) is 0.571. The lowest BCUT2D eigenvalue weighted by molar-refractivity contribution is 0.184. The Balaban J connectivity index is 2.55. The van der Waals surface area contributed by atoms with Crippen molar-refractivity contribution in [1.29, 1.82) is 0 Å². The highest BCUT2D eigenvalue weighted by molar-refractivity contribution is 5.40. The summed E-state index contributed by atoms with van der Waals surface area (Å²) in [7, 11) is 5.05. The van der Waals surface area contributed by atoms with E-state index in [9.17, 15) is 0 Å². The smallest absolute Gasteiger partial charge is 0.127 e. The van der Waals surface area contributed by atoms with Crippen molar-refractivity contribution < 1.29 is 14.2 Å². The molecule has 0 spiro atoms. The molecule has 1 N–H and O–H groups in total. The van der Waals surface area contributed by atoms with Gasteiger partial charge in [-0.3, -0.25) is 0 Å². The predicted molar refractivity (Wildman–Crippen MR) is 72.3 cm³/mol. The number of nitrogens with one attached hydrogen (secondary N) is 1. The molecule has 0 amide bonds. The lowest BCUT2D eigenvalue weighted by atomic mass is 10.1. The second-order valence-corrected chi connectivity index (χ2v) is 4.24. The molecule has 0 aromatic heterocycles. The van der Waals surface area contributed by atoms with Gasteiger partial charge in [-0.05, 0) is 19.4 Å². The molecule has 1 unspecified atom stereocenters. The van der Waals surface area contributed by atoms with Gasteiger partial charge in [0.1, 0.15) is 11.5 Å². The topological polar surface area (TPSA) is 39.7 Å². The van der Waals surface area contributed by atoms with Gasteiger partial charge in [-0.15, -0.1) is 0 Å². The van der Waals surface area contributed by atoms with Crippen molar-refractivity contribution in [2.24, 2.45) is 0 Å². The zero-order valence-electron chi connectivity index (χ0n) is 11.7. The standard InChI is InChI=1S/C14H23NO3/c1-11(7-8-16-2)15-10-12-5-6-13(17-3)9-14(12)18-4/h5-6,9,11,15H,7-8,10H2,1-4H3. The third kappa shape index (κ3) is 4.55. The Morgan fingerprint density at radius 1 is 1.17 bits per heavy atom. The number of methoxy groups -OCH3 is 3. The minimum absolute atomic E-state index is 0.414.